The van der Waals surface area contributed by atoms with Crippen molar-refractivity contribution in [2.75, 3.05) is 0 Å². The van der Waals surface area contributed by atoms with Gasteiger partial charge in [-0.25, -0.2) is 15.0 Å². The van der Waals surface area contributed by atoms with Gasteiger partial charge in [0, 0.05) is 16.7 Å². The number of hydrogen-bond donors (Lipinski definition) is 0. The van der Waals surface area contributed by atoms with Crippen LogP contribution in [0.15, 0.2) is 224 Å². The van der Waals surface area contributed by atoms with Gasteiger partial charge in [-0.05, 0) is 111 Å². The SMILES string of the molecule is c1ccc(-c2nc(-c3cccc(-c4c(-c5ccc(-c6ccc7c8c(cccc68)-c6ccccc6-7)cc5)ccc5ccccc45)c3)nc(-c3cc4ccccc4c4ccccc34)n2)cc1. The van der Waals surface area contributed by atoms with E-state index in [0.717, 1.165) is 38.6 Å². The molecule has 0 radical (unpaired) electrons. The Balaban J connectivity index is 0.949. The molecule has 3 nitrogen and oxygen atoms in total. The van der Waals surface area contributed by atoms with Gasteiger partial charge in [-0.2, -0.15) is 0 Å². The second-order valence-electron chi connectivity index (χ2n) is 16.7. The van der Waals surface area contributed by atoms with Crippen molar-refractivity contribution in [2.45, 2.75) is 0 Å². The first-order chi connectivity index (χ1) is 31.7. The Morgan fingerprint density at radius 3 is 1.53 bits per heavy atom. The van der Waals surface area contributed by atoms with E-state index >= 15 is 0 Å². The maximum atomic E-state index is 5.30. The van der Waals surface area contributed by atoms with Crippen molar-refractivity contribution in [3.05, 3.63) is 224 Å². The summed E-state index contributed by atoms with van der Waals surface area (Å²) in [4.78, 5) is 15.7. The lowest BCUT2D eigenvalue weighted by Crippen LogP contribution is -2.01. The number of rotatable bonds is 6. The molecule has 1 aromatic heterocycles. The Morgan fingerprint density at radius 1 is 0.219 bits per heavy atom. The second kappa shape index (κ2) is 14.5. The van der Waals surface area contributed by atoms with E-state index in [2.05, 4.69) is 206 Å². The molecular formula is C61H37N3. The molecule has 3 heteroatoms. The van der Waals surface area contributed by atoms with Crippen LogP contribution in [0.1, 0.15) is 0 Å². The Morgan fingerprint density at radius 2 is 0.734 bits per heavy atom. The van der Waals surface area contributed by atoms with E-state index in [-0.39, 0.29) is 0 Å². The number of nitrogens with zero attached hydrogens (tertiary/aromatic N) is 3. The molecule has 0 N–H and O–H groups in total. The number of fused-ring (bicyclic) bond motifs is 7. The van der Waals surface area contributed by atoms with Crippen LogP contribution in [0.25, 0.3) is 133 Å². The quantitative estimate of drug-likeness (QED) is 0.157. The van der Waals surface area contributed by atoms with Crippen molar-refractivity contribution >= 4 is 43.1 Å². The molecule has 13 rings (SSSR count). The fourth-order valence-corrected chi connectivity index (χ4v) is 10.1. The van der Waals surface area contributed by atoms with Crippen LogP contribution < -0.4 is 0 Å². The zero-order valence-corrected chi connectivity index (χ0v) is 34.7. The maximum absolute atomic E-state index is 5.30. The third kappa shape index (κ3) is 5.79. The van der Waals surface area contributed by atoms with Crippen molar-refractivity contribution in [2.24, 2.45) is 0 Å². The first-order valence-electron chi connectivity index (χ1n) is 21.8. The first-order valence-corrected chi connectivity index (χ1v) is 21.8. The molecule has 1 heterocycles. The van der Waals surface area contributed by atoms with Gasteiger partial charge in [0.25, 0.3) is 0 Å². The summed E-state index contributed by atoms with van der Waals surface area (Å²) in [5.41, 5.74) is 15.1. The van der Waals surface area contributed by atoms with Crippen LogP contribution in [0, 0.1) is 0 Å². The van der Waals surface area contributed by atoms with Crippen LogP contribution in [0.3, 0.4) is 0 Å². The second-order valence-corrected chi connectivity index (χ2v) is 16.7. The van der Waals surface area contributed by atoms with Crippen molar-refractivity contribution < 1.29 is 0 Å². The van der Waals surface area contributed by atoms with Gasteiger partial charge in [0.05, 0.1) is 0 Å². The minimum absolute atomic E-state index is 0.627. The molecule has 0 unspecified atom stereocenters. The third-order valence-electron chi connectivity index (χ3n) is 13.1. The highest BCUT2D eigenvalue weighted by Crippen LogP contribution is 2.49. The normalized spacial score (nSPS) is 11.8. The monoisotopic (exact) mass is 811 g/mol. The minimum atomic E-state index is 0.627. The molecule has 1 aliphatic carbocycles. The average molecular weight is 812 g/mol. The van der Waals surface area contributed by atoms with Crippen LogP contribution in [0.5, 0.6) is 0 Å². The van der Waals surface area contributed by atoms with Crippen molar-refractivity contribution in [1.82, 2.24) is 15.0 Å². The van der Waals surface area contributed by atoms with Crippen molar-refractivity contribution in [1.29, 1.82) is 0 Å². The fraction of sp³-hybridized carbons (Fsp3) is 0. The minimum Gasteiger partial charge on any atom is -0.208 e. The molecule has 1 aliphatic rings. The van der Waals surface area contributed by atoms with Gasteiger partial charge in [-0.1, -0.05) is 212 Å². The molecule has 0 amide bonds. The predicted octanol–water partition coefficient (Wildman–Crippen LogP) is 16.1. The van der Waals surface area contributed by atoms with Gasteiger partial charge in [0.15, 0.2) is 17.5 Å². The highest BCUT2D eigenvalue weighted by Gasteiger charge is 2.23. The van der Waals surface area contributed by atoms with Crippen LogP contribution in [-0.4, -0.2) is 15.0 Å². The molecule has 64 heavy (non-hydrogen) atoms. The molecule has 0 spiro atoms. The van der Waals surface area contributed by atoms with Crippen LogP contribution in [0.2, 0.25) is 0 Å². The third-order valence-corrected chi connectivity index (χ3v) is 13.1. The lowest BCUT2D eigenvalue weighted by atomic mass is 9.88. The molecule has 0 atom stereocenters. The molecule has 12 aromatic rings. The predicted molar refractivity (Wildman–Crippen MR) is 267 cm³/mol. The first kappa shape index (κ1) is 36.2. The largest absolute Gasteiger partial charge is 0.208 e. The maximum Gasteiger partial charge on any atom is 0.164 e. The van der Waals surface area contributed by atoms with Crippen molar-refractivity contribution in [3.8, 4) is 89.8 Å². The Kier molecular flexibility index (Phi) is 8.22. The van der Waals surface area contributed by atoms with Gasteiger partial charge >= 0.3 is 0 Å². The van der Waals surface area contributed by atoms with E-state index in [1.165, 1.54) is 76.8 Å². The van der Waals surface area contributed by atoms with Crippen LogP contribution >= 0.6 is 0 Å². The molecule has 11 aromatic carbocycles. The molecule has 0 saturated heterocycles. The van der Waals surface area contributed by atoms with E-state index in [4.69, 9.17) is 15.0 Å². The average Bonchev–Trinajstić information content (AvgIpc) is 3.70. The van der Waals surface area contributed by atoms with Gasteiger partial charge in [-0.15, -0.1) is 0 Å². The van der Waals surface area contributed by atoms with Gasteiger partial charge in [0.1, 0.15) is 0 Å². The standard InChI is InChI=1S/C61H37N3/c1-2-15-41(16-3-1)59-62-60(64-61(63-59)56-37-42-17-5-6-20-45(42)49-22-8-11-25-52(49)56)44-19-12-18-43(36-44)57-47-21-7-4-14-38(47)32-33-48(57)40-30-28-39(29-31-40)46-34-35-55-51-24-10-9-23-50(51)54-27-13-26-53(46)58(54)55/h1-37H. The summed E-state index contributed by atoms with van der Waals surface area (Å²) in [6.45, 7) is 0. The summed E-state index contributed by atoms with van der Waals surface area (Å²) < 4.78 is 0. The summed E-state index contributed by atoms with van der Waals surface area (Å²) in [6.07, 6.45) is 0. The van der Waals surface area contributed by atoms with Crippen molar-refractivity contribution in [3.63, 3.8) is 0 Å². The van der Waals surface area contributed by atoms with E-state index in [9.17, 15) is 0 Å². The number of hydrogen-bond acceptors (Lipinski definition) is 3. The lowest BCUT2D eigenvalue weighted by molar-refractivity contribution is 1.08. The fourth-order valence-electron chi connectivity index (χ4n) is 10.1. The topological polar surface area (TPSA) is 38.7 Å². The molecule has 0 fully saturated rings. The highest BCUT2D eigenvalue weighted by atomic mass is 15.0. The summed E-state index contributed by atoms with van der Waals surface area (Å²) in [7, 11) is 0. The molecule has 0 aliphatic heterocycles. The number of benzene rings is 11. The van der Waals surface area contributed by atoms with Gasteiger partial charge in [0.2, 0.25) is 0 Å². The van der Waals surface area contributed by atoms with Gasteiger partial charge in [-0.3, -0.25) is 0 Å². The molecule has 296 valence electrons. The zero-order chi connectivity index (χ0) is 42.1. The summed E-state index contributed by atoms with van der Waals surface area (Å²) in [6, 6.07) is 80.6. The summed E-state index contributed by atoms with van der Waals surface area (Å²) >= 11 is 0. The Hall–Kier alpha value is -8.53. The molecule has 0 saturated carbocycles. The van der Waals surface area contributed by atoms with E-state index in [1.807, 2.05) is 18.2 Å². The van der Waals surface area contributed by atoms with Crippen LogP contribution in [-0.2, 0) is 0 Å². The number of aromatic nitrogens is 3. The van der Waals surface area contributed by atoms with Gasteiger partial charge < -0.3 is 0 Å². The van der Waals surface area contributed by atoms with Crippen LogP contribution in [0.4, 0.5) is 0 Å². The molecule has 0 bridgehead atoms. The molecular weight excluding hydrogens is 775 g/mol. The van der Waals surface area contributed by atoms with E-state index in [0.29, 0.717) is 17.5 Å². The smallest absolute Gasteiger partial charge is 0.164 e. The Labute approximate surface area is 370 Å². The van der Waals surface area contributed by atoms with E-state index < -0.39 is 0 Å². The zero-order valence-electron chi connectivity index (χ0n) is 34.7. The Bertz CT molecular complexity index is 3800. The lowest BCUT2D eigenvalue weighted by Gasteiger charge is -2.16. The van der Waals surface area contributed by atoms with E-state index in [1.54, 1.807) is 0 Å². The highest BCUT2D eigenvalue weighted by molar-refractivity contribution is 6.19. The summed E-state index contributed by atoms with van der Waals surface area (Å²) in [5.74, 6) is 1.91. The summed E-state index contributed by atoms with van der Waals surface area (Å²) in [5, 5.41) is 9.65.